The van der Waals surface area contributed by atoms with Crippen molar-refractivity contribution in [2.75, 3.05) is 38.1 Å². The molecule has 5 rings (SSSR count). The van der Waals surface area contributed by atoms with Crippen LogP contribution >= 0.6 is 0 Å². The summed E-state index contributed by atoms with van der Waals surface area (Å²) in [6, 6.07) is 15.2. The minimum Gasteiger partial charge on any atom is -0.492 e. The summed E-state index contributed by atoms with van der Waals surface area (Å²) in [5, 5.41) is 7.62. The number of hydrogen-bond acceptors (Lipinski definition) is 6. The van der Waals surface area contributed by atoms with Crippen LogP contribution in [0.5, 0.6) is 5.75 Å². The standard InChI is InChI=1S/C29H27F3N6O4/c1-2-42-24-16-22-20(15-23(24)34-27(40)21-9-6-10-25(33-21)29(30,31)32)17-38(35-22)18-26(39)36-11-13-37(14-12-36)28(41)19-7-4-3-5-8-19/h3-10,15-17H,2,11-14,18H2,1H3,(H,34,40). The van der Waals surface area contributed by atoms with Crippen LogP contribution in [0.25, 0.3) is 10.9 Å². The first kappa shape index (κ1) is 28.6. The fourth-order valence-electron chi connectivity index (χ4n) is 4.62. The van der Waals surface area contributed by atoms with Crippen LogP contribution in [-0.4, -0.2) is 75.1 Å². The lowest BCUT2D eigenvalue weighted by atomic mass is 10.2. The normalized spacial score (nSPS) is 13.7. The number of amides is 3. The third kappa shape index (κ3) is 6.35. The van der Waals surface area contributed by atoms with Crippen LogP contribution in [0, 0.1) is 0 Å². The fraction of sp³-hybridized carbons (Fsp3) is 0.276. The smallest absolute Gasteiger partial charge is 0.433 e. The second-order valence-electron chi connectivity index (χ2n) is 9.57. The van der Waals surface area contributed by atoms with Crippen LogP contribution in [-0.2, 0) is 17.5 Å². The lowest BCUT2D eigenvalue weighted by molar-refractivity contribution is -0.141. The number of anilines is 1. The molecule has 4 aromatic rings. The van der Waals surface area contributed by atoms with Gasteiger partial charge in [0, 0.05) is 49.4 Å². The number of carbonyl (C=O) groups is 3. The monoisotopic (exact) mass is 580 g/mol. The molecule has 42 heavy (non-hydrogen) atoms. The summed E-state index contributed by atoms with van der Waals surface area (Å²) in [6.07, 6.45) is -3.05. The number of carbonyl (C=O) groups excluding carboxylic acids is 3. The summed E-state index contributed by atoms with van der Waals surface area (Å²) < 4.78 is 46.3. The number of rotatable bonds is 7. The number of fused-ring (bicyclic) bond motifs is 1. The van der Waals surface area contributed by atoms with Crippen molar-refractivity contribution < 1.29 is 32.3 Å². The zero-order chi connectivity index (χ0) is 29.9. The van der Waals surface area contributed by atoms with E-state index >= 15 is 0 Å². The van der Waals surface area contributed by atoms with Crippen molar-refractivity contribution in [3.63, 3.8) is 0 Å². The molecular formula is C29H27F3N6O4. The quantitative estimate of drug-likeness (QED) is 0.353. The Balaban J connectivity index is 1.27. The third-order valence-electron chi connectivity index (χ3n) is 6.71. The summed E-state index contributed by atoms with van der Waals surface area (Å²) in [7, 11) is 0. The van der Waals surface area contributed by atoms with E-state index in [1.165, 1.54) is 10.7 Å². The van der Waals surface area contributed by atoms with Crippen molar-refractivity contribution in [3.05, 3.63) is 83.8 Å². The number of pyridine rings is 1. The Morgan fingerprint density at radius 2 is 1.67 bits per heavy atom. The highest BCUT2D eigenvalue weighted by atomic mass is 19.4. The summed E-state index contributed by atoms with van der Waals surface area (Å²) in [6.45, 7) is 3.59. The van der Waals surface area contributed by atoms with Gasteiger partial charge in [-0.1, -0.05) is 24.3 Å². The number of hydrogen-bond donors (Lipinski definition) is 1. The first-order valence-electron chi connectivity index (χ1n) is 13.2. The third-order valence-corrected chi connectivity index (χ3v) is 6.71. The van der Waals surface area contributed by atoms with Crippen molar-refractivity contribution in [2.45, 2.75) is 19.6 Å². The van der Waals surface area contributed by atoms with Crippen LogP contribution < -0.4 is 10.1 Å². The fourth-order valence-corrected chi connectivity index (χ4v) is 4.62. The Morgan fingerprint density at radius 3 is 2.36 bits per heavy atom. The van der Waals surface area contributed by atoms with Crippen molar-refractivity contribution >= 4 is 34.3 Å². The zero-order valence-corrected chi connectivity index (χ0v) is 22.6. The van der Waals surface area contributed by atoms with E-state index in [-0.39, 0.29) is 36.4 Å². The first-order valence-corrected chi connectivity index (χ1v) is 13.2. The molecule has 10 nitrogen and oxygen atoms in total. The molecule has 2 aromatic carbocycles. The Hall–Kier alpha value is -4.94. The minimum atomic E-state index is -4.69. The Morgan fingerprint density at radius 1 is 0.952 bits per heavy atom. The molecule has 0 saturated carbocycles. The lowest BCUT2D eigenvalue weighted by Gasteiger charge is -2.34. The Kier molecular flexibility index (Phi) is 8.09. The molecular weight excluding hydrogens is 553 g/mol. The Labute approximate surface area is 238 Å². The largest absolute Gasteiger partial charge is 0.492 e. The molecule has 0 aliphatic carbocycles. The van der Waals surface area contributed by atoms with Gasteiger partial charge in [0.1, 0.15) is 23.7 Å². The van der Waals surface area contributed by atoms with E-state index in [0.717, 1.165) is 12.1 Å². The predicted molar refractivity (Wildman–Crippen MR) is 147 cm³/mol. The van der Waals surface area contributed by atoms with Gasteiger partial charge in [-0.15, -0.1) is 0 Å². The summed E-state index contributed by atoms with van der Waals surface area (Å²) in [4.78, 5) is 45.3. The topological polar surface area (TPSA) is 110 Å². The molecule has 2 aromatic heterocycles. The Bertz CT molecular complexity index is 1610. The van der Waals surface area contributed by atoms with Crippen LogP contribution in [0.15, 0.2) is 66.9 Å². The van der Waals surface area contributed by atoms with Gasteiger partial charge >= 0.3 is 6.18 Å². The highest BCUT2D eigenvalue weighted by Gasteiger charge is 2.33. The summed E-state index contributed by atoms with van der Waals surface area (Å²) in [5.74, 6) is -0.809. The lowest BCUT2D eigenvalue weighted by Crippen LogP contribution is -2.51. The van der Waals surface area contributed by atoms with E-state index in [4.69, 9.17) is 4.74 Å². The van der Waals surface area contributed by atoms with Gasteiger partial charge in [0.2, 0.25) is 5.91 Å². The van der Waals surface area contributed by atoms with Gasteiger partial charge in [0.15, 0.2) is 0 Å². The predicted octanol–water partition coefficient (Wildman–Crippen LogP) is 4.09. The second-order valence-corrected chi connectivity index (χ2v) is 9.57. The molecule has 1 saturated heterocycles. The average Bonchev–Trinajstić information content (AvgIpc) is 3.38. The molecule has 1 N–H and O–H groups in total. The molecule has 3 heterocycles. The van der Waals surface area contributed by atoms with E-state index in [9.17, 15) is 27.6 Å². The molecule has 1 fully saturated rings. The van der Waals surface area contributed by atoms with E-state index in [0.29, 0.717) is 42.6 Å². The van der Waals surface area contributed by atoms with Crippen molar-refractivity contribution in [3.8, 4) is 5.75 Å². The van der Waals surface area contributed by atoms with Crippen LogP contribution in [0.3, 0.4) is 0 Å². The number of nitrogens with one attached hydrogen (secondary N) is 1. The van der Waals surface area contributed by atoms with Crippen LogP contribution in [0.2, 0.25) is 0 Å². The minimum absolute atomic E-state index is 0.0405. The maximum Gasteiger partial charge on any atom is 0.433 e. The molecule has 0 atom stereocenters. The maximum atomic E-state index is 13.1. The number of nitrogens with zero attached hydrogens (tertiary/aromatic N) is 5. The van der Waals surface area contributed by atoms with E-state index in [1.54, 1.807) is 47.2 Å². The van der Waals surface area contributed by atoms with E-state index < -0.39 is 23.5 Å². The highest BCUT2D eigenvalue weighted by molar-refractivity contribution is 6.05. The molecule has 1 aliphatic heterocycles. The molecule has 1 aliphatic rings. The number of alkyl halides is 3. The SMILES string of the molecule is CCOc1cc2nn(CC(=O)N3CCN(C(=O)c4ccccc4)CC3)cc2cc1NC(=O)c1cccc(C(F)(F)F)n1. The summed E-state index contributed by atoms with van der Waals surface area (Å²) in [5.41, 5.74) is -0.253. The van der Waals surface area contributed by atoms with Gasteiger partial charge in [0.05, 0.1) is 17.8 Å². The van der Waals surface area contributed by atoms with Crippen molar-refractivity contribution in [2.24, 2.45) is 0 Å². The van der Waals surface area contributed by atoms with Gasteiger partial charge in [-0.2, -0.15) is 18.3 Å². The van der Waals surface area contributed by atoms with Crippen LogP contribution in [0.1, 0.15) is 33.5 Å². The molecule has 0 bridgehead atoms. The maximum absolute atomic E-state index is 13.1. The van der Waals surface area contributed by atoms with Crippen LogP contribution in [0.4, 0.5) is 18.9 Å². The van der Waals surface area contributed by atoms with Gasteiger partial charge in [-0.3, -0.25) is 19.1 Å². The van der Waals surface area contributed by atoms with E-state index in [2.05, 4.69) is 15.4 Å². The van der Waals surface area contributed by atoms with Gasteiger partial charge < -0.3 is 19.9 Å². The number of piperazine rings is 1. The van der Waals surface area contributed by atoms with Crippen molar-refractivity contribution in [1.82, 2.24) is 24.6 Å². The molecule has 0 radical (unpaired) electrons. The number of benzene rings is 2. The number of aromatic nitrogens is 3. The van der Waals surface area contributed by atoms with E-state index in [1.807, 2.05) is 18.2 Å². The van der Waals surface area contributed by atoms with Gasteiger partial charge in [-0.05, 0) is 37.3 Å². The molecule has 0 unspecified atom stereocenters. The molecule has 13 heteroatoms. The molecule has 218 valence electrons. The van der Waals surface area contributed by atoms with Gasteiger partial charge in [-0.25, -0.2) is 4.98 Å². The number of ether oxygens (including phenoxy) is 1. The van der Waals surface area contributed by atoms with Crippen molar-refractivity contribution in [1.29, 1.82) is 0 Å². The number of halogens is 3. The average molecular weight is 581 g/mol. The second kappa shape index (κ2) is 11.9. The molecule has 3 amide bonds. The highest BCUT2D eigenvalue weighted by Crippen LogP contribution is 2.31. The van der Waals surface area contributed by atoms with Gasteiger partial charge in [0.25, 0.3) is 11.8 Å². The molecule has 0 spiro atoms. The first-order chi connectivity index (χ1) is 20.1. The summed E-state index contributed by atoms with van der Waals surface area (Å²) >= 11 is 0. The zero-order valence-electron chi connectivity index (χ0n) is 22.6.